The van der Waals surface area contributed by atoms with Gasteiger partial charge in [0.15, 0.2) is 6.61 Å². The lowest BCUT2D eigenvalue weighted by atomic mass is 10.0. The van der Waals surface area contributed by atoms with E-state index in [0.717, 1.165) is 22.3 Å². The lowest BCUT2D eigenvalue weighted by Crippen LogP contribution is -2.36. The van der Waals surface area contributed by atoms with Crippen molar-refractivity contribution in [3.8, 4) is 0 Å². The first-order chi connectivity index (χ1) is 19.8. The first-order valence-corrected chi connectivity index (χ1v) is 15.0. The van der Waals surface area contributed by atoms with Crippen LogP contribution in [0.5, 0.6) is 0 Å². The summed E-state index contributed by atoms with van der Waals surface area (Å²) in [5, 5.41) is 0.00776. The molecule has 0 spiro atoms. The molecular weight excluding hydrogens is 560 g/mol. The van der Waals surface area contributed by atoms with Crippen molar-refractivity contribution >= 4 is 33.5 Å². The van der Waals surface area contributed by atoms with Crippen molar-refractivity contribution in [1.82, 2.24) is 9.21 Å². The molecule has 0 unspecified atom stereocenters. The molecule has 0 saturated carbocycles. The monoisotopic (exact) mass is 588 g/mol. The number of hydrogen-bond donors (Lipinski definition) is 0. The number of ether oxygens (including phenoxy) is 1. The van der Waals surface area contributed by atoms with E-state index in [1.165, 1.54) is 22.5 Å². The van der Waals surface area contributed by atoms with Gasteiger partial charge in [0.25, 0.3) is 5.91 Å². The summed E-state index contributed by atoms with van der Waals surface area (Å²) >= 11 is 6.31. The second-order valence-electron chi connectivity index (χ2n) is 9.80. The van der Waals surface area contributed by atoms with E-state index in [0.29, 0.717) is 26.1 Å². The largest absolute Gasteiger partial charge is 0.452 e. The number of halogens is 1. The number of fused-ring (bicyclic) bond motifs is 1. The average Bonchev–Trinajstić information content (AvgIpc) is 3.00. The van der Waals surface area contributed by atoms with Crippen molar-refractivity contribution in [3.63, 3.8) is 0 Å². The van der Waals surface area contributed by atoms with Crippen LogP contribution in [0.15, 0.2) is 108 Å². The molecule has 7 nitrogen and oxygen atoms in total. The molecule has 210 valence electrons. The minimum absolute atomic E-state index is 0.00384. The highest BCUT2D eigenvalue weighted by molar-refractivity contribution is 7.89. The van der Waals surface area contributed by atoms with Gasteiger partial charge < -0.3 is 9.64 Å². The molecule has 1 aliphatic heterocycles. The quantitative estimate of drug-likeness (QED) is 0.242. The molecule has 41 heavy (non-hydrogen) atoms. The molecule has 4 aromatic carbocycles. The van der Waals surface area contributed by atoms with E-state index in [-0.39, 0.29) is 27.9 Å². The average molecular weight is 589 g/mol. The Hall–Kier alpha value is -3.98. The van der Waals surface area contributed by atoms with Crippen LogP contribution in [0.1, 0.15) is 32.6 Å². The zero-order valence-electron chi connectivity index (χ0n) is 22.3. The molecule has 0 saturated heterocycles. The number of carbonyl (C=O) groups excluding carboxylic acids is 2. The normalized spacial score (nSPS) is 13.3. The Morgan fingerprint density at radius 1 is 0.805 bits per heavy atom. The number of amides is 1. The summed E-state index contributed by atoms with van der Waals surface area (Å²) in [4.78, 5) is 27.6. The Morgan fingerprint density at radius 3 is 2.02 bits per heavy atom. The molecule has 0 bridgehead atoms. The molecule has 1 heterocycles. The van der Waals surface area contributed by atoms with E-state index in [2.05, 4.69) is 0 Å². The van der Waals surface area contributed by atoms with Crippen LogP contribution in [0.25, 0.3) is 0 Å². The Balaban J connectivity index is 1.29. The van der Waals surface area contributed by atoms with E-state index in [9.17, 15) is 18.0 Å². The van der Waals surface area contributed by atoms with Crippen LogP contribution in [0.2, 0.25) is 5.02 Å². The Bertz CT molecular complexity index is 1600. The van der Waals surface area contributed by atoms with E-state index >= 15 is 0 Å². The minimum Gasteiger partial charge on any atom is -0.452 e. The van der Waals surface area contributed by atoms with Crippen LogP contribution >= 0.6 is 11.6 Å². The number of rotatable bonds is 9. The lowest BCUT2D eigenvalue weighted by molar-refractivity contribution is -0.135. The fourth-order valence-electron chi connectivity index (χ4n) is 4.78. The predicted octanol–water partition coefficient (Wildman–Crippen LogP) is 5.47. The maximum Gasteiger partial charge on any atom is 0.338 e. The summed E-state index contributed by atoms with van der Waals surface area (Å²) in [5.74, 6) is -1.19. The fraction of sp³-hybridized carbons (Fsp3) is 0.188. The Kier molecular flexibility index (Phi) is 8.83. The smallest absolute Gasteiger partial charge is 0.338 e. The van der Waals surface area contributed by atoms with Crippen molar-refractivity contribution in [2.45, 2.75) is 31.0 Å². The summed E-state index contributed by atoms with van der Waals surface area (Å²) in [6.07, 6.45) is 0.583. The second-order valence-corrected chi connectivity index (χ2v) is 12.1. The Morgan fingerprint density at radius 2 is 1.39 bits per heavy atom. The molecule has 0 atom stereocenters. The second kappa shape index (κ2) is 12.7. The van der Waals surface area contributed by atoms with Gasteiger partial charge in [0.1, 0.15) is 4.90 Å². The van der Waals surface area contributed by atoms with E-state index < -0.39 is 22.6 Å². The van der Waals surface area contributed by atoms with Crippen molar-refractivity contribution in [2.75, 3.05) is 13.2 Å². The first kappa shape index (κ1) is 28.5. The molecule has 0 N–H and O–H groups in total. The molecule has 0 fully saturated rings. The highest BCUT2D eigenvalue weighted by Gasteiger charge is 2.31. The van der Waals surface area contributed by atoms with Gasteiger partial charge in [-0.3, -0.25) is 4.79 Å². The van der Waals surface area contributed by atoms with Crippen LogP contribution in [0.3, 0.4) is 0 Å². The molecule has 4 aromatic rings. The molecule has 0 radical (unpaired) electrons. The third-order valence-corrected chi connectivity index (χ3v) is 9.32. The van der Waals surface area contributed by atoms with Crippen molar-refractivity contribution < 1.29 is 22.7 Å². The lowest BCUT2D eigenvalue weighted by Gasteiger charge is -2.28. The standard InChI is InChI=1S/C32H29ClN2O5S/c33-29-16-15-27(19-30(29)41(38,39)35-18-17-26-13-7-8-14-28(26)22-35)32(37)40-23-31(36)34(20-24-9-3-1-4-10-24)21-25-11-5-2-6-12-25/h1-16,19H,17-18,20-23H2. The highest BCUT2D eigenvalue weighted by atomic mass is 35.5. The number of nitrogens with zero attached hydrogens (tertiary/aromatic N) is 2. The molecule has 9 heteroatoms. The van der Waals surface area contributed by atoms with Crippen LogP contribution in [0.4, 0.5) is 0 Å². The fourth-order valence-corrected chi connectivity index (χ4v) is 6.70. The van der Waals surface area contributed by atoms with Gasteiger partial charge in [-0.1, -0.05) is 96.5 Å². The minimum atomic E-state index is -3.99. The van der Waals surface area contributed by atoms with Gasteiger partial charge in [0, 0.05) is 26.2 Å². The van der Waals surface area contributed by atoms with Crippen molar-refractivity contribution in [2.24, 2.45) is 0 Å². The molecule has 0 aromatic heterocycles. The first-order valence-electron chi connectivity index (χ1n) is 13.2. The van der Waals surface area contributed by atoms with Gasteiger partial charge in [-0.05, 0) is 46.9 Å². The number of benzene rings is 4. The predicted molar refractivity (Wildman–Crippen MR) is 157 cm³/mol. The zero-order valence-corrected chi connectivity index (χ0v) is 23.9. The van der Waals surface area contributed by atoms with Crippen molar-refractivity contribution in [1.29, 1.82) is 0 Å². The molecule has 0 aliphatic carbocycles. The molecular formula is C32H29ClN2O5S. The SMILES string of the molecule is O=C(OCC(=O)N(Cc1ccccc1)Cc1ccccc1)c1ccc(Cl)c(S(=O)(=O)N2CCc3ccccc3C2)c1. The van der Waals surface area contributed by atoms with Gasteiger partial charge in [-0.2, -0.15) is 4.31 Å². The summed E-state index contributed by atoms with van der Waals surface area (Å²) < 4.78 is 33.8. The summed E-state index contributed by atoms with van der Waals surface area (Å²) in [6, 6.07) is 30.8. The summed E-state index contributed by atoms with van der Waals surface area (Å²) in [7, 11) is -3.99. The topological polar surface area (TPSA) is 84.0 Å². The van der Waals surface area contributed by atoms with E-state index in [1.54, 1.807) is 4.90 Å². The zero-order chi connectivity index (χ0) is 28.8. The third kappa shape index (κ3) is 6.85. The number of sulfonamides is 1. The van der Waals surface area contributed by atoms with Crippen LogP contribution in [-0.4, -0.2) is 42.7 Å². The van der Waals surface area contributed by atoms with Crippen LogP contribution < -0.4 is 0 Å². The summed E-state index contributed by atoms with van der Waals surface area (Å²) in [5.41, 5.74) is 3.92. The number of hydrogen-bond acceptors (Lipinski definition) is 5. The maximum atomic E-state index is 13.5. The van der Waals surface area contributed by atoms with Gasteiger partial charge in [-0.15, -0.1) is 0 Å². The van der Waals surface area contributed by atoms with Crippen molar-refractivity contribution in [3.05, 3.63) is 136 Å². The van der Waals surface area contributed by atoms with Gasteiger partial charge >= 0.3 is 5.97 Å². The highest BCUT2D eigenvalue weighted by Crippen LogP contribution is 2.30. The molecule has 1 aliphatic rings. The van der Waals surface area contributed by atoms with Gasteiger partial charge in [-0.25, -0.2) is 13.2 Å². The third-order valence-electron chi connectivity index (χ3n) is 6.99. The van der Waals surface area contributed by atoms with Gasteiger partial charge in [0.2, 0.25) is 10.0 Å². The van der Waals surface area contributed by atoms with E-state index in [4.69, 9.17) is 16.3 Å². The molecule has 1 amide bonds. The number of esters is 1. The van der Waals surface area contributed by atoms with E-state index in [1.807, 2.05) is 84.9 Å². The van der Waals surface area contributed by atoms with Gasteiger partial charge in [0.05, 0.1) is 10.6 Å². The van der Waals surface area contributed by atoms with Crippen LogP contribution in [0, 0.1) is 0 Å². The number of carbonyl (C=O) groups is 2. The Labute approximate surface area is 245 Å². The molecule has 5 rings (SSSR count). The maximum absolute atomic E-state index is 13.5. The van der Waals surface area contributed by atoms with Crippen LogP contribution in [-0.2, 0) is 45.6 Å². The summed E-state index contributed by atoms with van der Waals surface area (Å²) in [6.45, 7) is 0.711.